The molecule has 1 fully saturated rings. The molecule has 21 heavy (non-hydrogen) atoms. The largest absolute Gasteiger partial charge is 0.495 e. The minimum atomic E-state index is -3.86. The van der Waals surface area contributed by atoms with E-state index >= 15 is 0 Å². The minimum Gasteiger partial charge on any atom is -0.495 e. The van der Waals surface area contributed by atoms with Gasteiger partial charge < -0.3 is 14.6 Å². The van der Waals surface area contributed by atoms with Crippen LogP contribution in [0.3, 0.4) is 0 Å². The van der Waals surface area contributed by atoms with Crippen LogP contribution in [0.25, 0.3) is 0 Å². The van der Waals surface area contributed by atoms with Crippen molar-refractivity contribution in [3.05, 3.63) is 23.8 Å². The molecular formula is C13H17NO6S. The summed E-state index contributed by atoms with van der Waals surface area (Å²) in [6.45, 7) is 0.841. The van der Waals surface area contributed by atoms with Gasteiger partial charge in [0, 0.05) is 13.7 Å². The normalized spacial score (nSPS) is 18.9. The molecule has 1 atom stereocenters. The molecule has 1 aliphatic rings. The van der Waals surface area contributed by atoms with Gasteiger partial charge in [0.1, 0.15) is 10.6 Å². The first-order chi connectivity index (χ1) is 9.87. The lowest BCUT2D eigenvalue weighted by molar-refractivity contribution is 0.0696. The van der Waals surface area contributed by atoms with Gasteiger partial charge >= 0.3 is 5.97 Å². The fraction of sp³-hybridized carbons (Fsp3) is 0.462. The third-order valence-electron chi connectivity index (χ3n) is 3.49. The second-order valence-corrected chi connectivity index (χ2v) is 6.68. The van der Waals surface area contributed by atoms with Crippen LogP contribution in [0.5, 0.6) is 5.75 Å². The third-order valence-corrected chi connectivity index (χ3v) is 5.42. The van der Waals surface area contributed by atoms with Crippen molar-refractivity contribution < 1.29 is 27.8 Å². The van der Waals surface area contributed by atoms with Gasteiger partial charge in [-0.3, -0.25) is 0 Å². The molecule has 7 nitrogen and oxygen atoms in total. The van der Waals surface area contributed by atoms with Gasteiger partial charge in [0.05, 0.1) is 25.3 Å². The smallest absolute Gasteiger partial charge is 0.335 e. The Hall–Kier alpha value is -1.64. The van der Waals surface area contributed by atoms with Crippen molar-refractivity contribution in [3.8, 4) is 5.75 Å². The molecule has 8 heteroatoms. The van der Waals surface area contributed by atoms with Gasteiger partial charge in [-0.25, -0.2) is 13.2 Å². The summed E-state index contributed by atoms with van der Waals surface area (Å²) in [6, 6.07) is 3.50. The first-order valence-corrected chi connectivity index (χ1v) is 7.79. The van der Waals surface area contributed by atoms with Gasteiger partial charge in [0.15, 0.2) is 0 Å². The Kier molecular flexibility index (Phi) is 4.50. The standard InChI is InChI=1S/C13H17NO6S/c1-14(10-5-6-20-8-10)21(17,18)12-7-9(13(15)16)3-4-11(12)19-2/h3-4,7,10H,5-6,8H2,1-2H3,(H,15,16). The Morgan fingerprint density at radius 3 is 2.71 bits per heavy atom. The van der Waals surface area contributed by atoms with Crippen molar-refractivity contribution in [2.24, 2.45) is 0 Å². The van der Waals surface area contributed by atoms with Crippen molar-refractivity contribution in [2.75, 3.05) is 27.4 Å². The monoisotopic (exact) mass is 315 g/mol. The van der Waals surface area contributed by atoms with Gasteiger partial charge in [-0.15, -0.1) is 0 Å². The van der Waals surface area contributed by atoms with Crippen LogP contribution in [0.4, 0.5) is 0 Å². The number of hydrogen-bond acceptors (Lipinski definition) is 5. The highest BCUT2D eigenvalue weighted by atomic mass is 32.2. The zero-order valence-electron chi connectivity index (χ0n) is 11.8. The fourth-order valence-electron chi connectivity index (χ4n) is 2.17. The van der Waals surface area contributed by atoms with Crippen LogP contribution in [-0.4, -0.2) is 57.2 Å². The van der Waals surface area contributed by atoms with Gasteiger partial charge in [-0.1, -0.05) is 0 Å². The first-order valence-electron chi connectivity index (χ1n) is 6.35. The molecule has 0 aromatic heterocycles. The van der Waals surface area contributed by atoms with Crippen LogP contribution in [0.1, 0.15) is 16.8 Å². The summed E-state index contributed by atoms with van der Waals surface area (Å²) >= 11 is 0. The second-order valence-electron chi connectivity index (χ2n) is 4.71. The molecule has 2 rings (SSSR count). The Balaban J connectivity index is 2.46. The lowest BCUT2D eigenvalue weighted by Crippen LogP contribution is -2.37. The van der Waals surface area contributed by atoms with E-state index in [1.807, 2.05) is 0 Å². The van der Waals surface area contributed by atoms with E-state index in [2.05, 4.69) is 0 Å². The number of carboxylic acids is 1. The highest BCUT2D eigenvalue weighted by molar-refractivity contribution is 7.89. The number of carbonyl (C=O) groups is 1. The van der Waals surface area contributed by atoms with Crippen LogP contribution in [0.15, 0.2) is 23.1 Å². The molecule has 0 bridgehead atoms. The quantitative estimate of drug-likeness (QED) is 0.864. The lowest BCUT2D eigenvalue weighted by Gasteiger charge is -2.23. The summed E-state index contributed by atoms with van der Waals surface area (Å²) in [5.74, 6) is -1.08. The summed E-state index contributed by atoms with van der Waals surface area (Å²) in [7, 11) is -1.06. The van der Waals surface area contributed by atoms with E-state index in [0.29, 0.717) is 19.6 Å². The molecular weight excluding hydrogens is 298 g/mol. The number of likely N-dealkylation sites (N-methyl/N-ethyl adjacent to an activating group) is 1. The maximum atomic E-state index is 12.7. The summed E-state index contributed by atoms with van der Waals surface area (Å²) in [4.78, 5) is 10.9. The third kappa shape index (κ3) is 3.02. The van der Waals surface area contributed by atoms with Crippen molar-refractivity contribution >= 4 is 16.0 Å². The SMILES string of the molecule is COc1ccc(C(=O)O)cc1S(=O)(=O)N(C)C1CCOC1. The van der Waals surface area contributed by atoms with Crippen LogP contribution >= 0.6 is 0 Å². The number of benzene rings is 1. The van der Waals surface area contributed by atoms with Crippen LogP contribution in [-0.2, 0) is 14.8 Å². The van der Waals surface area contributed by atoms with Crippen molar-refractivity contribution in [3.63, 3.8) is 0 Å². The van der Waals surface area contributed by atoms with E-state index in [1.165, 1.54) is 30.6 Å². The van der Waals surface area contributed by atoms with E-state index in [4.69, 9.17) is 14.6 Å². The number of nitrogens with zero attached hydrogens (tertiary/aromatic N) is 1. The maximum Gasteiger partial charge on any atom is 0.335 e. The summed E-state index contributed by atoms with van der Waals surface area (Å²) in [6.07, 6.45) is 0.608. The average molecular weight is 315 g/mol. The summed E-state index contributed by atoms with van der Waals surface area (Å²) in [5, 5.41) is 9.02. The van der Waals surface area contributed by atoms with E-state index in [-0.39, 0.29) is 22.3 Å². The Morgan fingerprint density at radius 1 is 1.48 bits per heavy atom. The van der Waals surface area contributed by atoms with Crippen molar-refractivity contribution in [2.45, 2.75) is 17.4 Å². The molecule has 1 unspecified atom stereocenters. The van der Waals surface area contributed by atoms with Crippen LogP contribution < -0.4 is 4.74 Å². The first kappa shape index (κ1) is 15.7. The van der Waals surface area contributed by atoms with Crippen molar-refractivity contribution in [1.82, 2.24) is 4.31 Å². The van der Waals surface area contributed by atoms with Crippen LogP contribution in [0, 0.1) is 0 Å². The van der Waals surface area contributed by atoms with Gasteiger partial charge in [0.25, 0.3) is 0 Å². The molecule has 0 aliphatic carbocycles. The maximum absolute atomic E-state index is 12.7. The van der Waals surface area contributed by atoms with Gasteiger partial charge in [-0.05, 0) is 24.6 Å². The Morgan fingerprint density at radius 2 is 2.19 bits per heavy atom. The minimum absolute atomic E-state index is 0.106. The molecule has 0 amide bonds. The molecule has 0 spiro atoms. The zero-order chi connectivity index (χ0) is 15.6. The van der Waals surface area contributed by atoms with Gasteiger partial charge in [0.2, 0.25) is 10.0 Å². The molecule has 1 N–H and O–H groups in total. The topological polar surface area (TPSA) is 93.1 Å². The molecule has 1 heterocycles. The lowest BCUT2D eigenvalue weighted by atomic mass is 10.2. The van der Waals surface area contributed by atoms with Crippen LogP contribution in [0.2, 0.25) is 0 Å². The number of methoxy groups -OCH3 is 1. The predicted octanol–water partition coefficient (Wildman–Crippen LogP) is 0.803. The highest BCUT2D eigenvalue weighted by Crippen LogP contribution is 2.29. The Bertz CT molecular complexity index is 636. The number of ether oxygens (including phenoxy) is 2. The second kappa shape index (κ2) is 6.00. The van der Waals surface area contributed by atoms with E-state index < -0.39 is 16.0 Å². The molecule has 1 aromatic rings. The predicted molar refractivity (Wildman–Crippen MR) is 74.1 cm³/mol. The molecule has 116 valence electrons. The Labute approximate surface area is 123 Å². The summed E-state index contributed by atoms with van der Waals surface area (Å²) in [5.41, 5.74) is -0.106. The zero-order valence-corrected chi connectivity index (χ0v) is 12.6. The number of rotatable bonds is 5. The van der Waals surface area contributed by atoms with E-state index in [1.54, 1.807) is 0 Å². The highest BCUT2D eigenvalue weighted by Gasteiger charge is 2.33. The fourth-order valence-corrected chi connectivity index (χ4v) is 3.72. The van der Waals surface area contributed by atoms with Crippen molar-refractivity contribution in [1.29, 1.82) is 0 Å². The molecule has 1 aromatic carbocycles. The molecule has 1 saturated heterocycles. The summed E-state index contributed by atoms with van der Waals surface area (Å²) < 4.78 is 36.8. The number of sulfonamides is 1. The average Bonchev–Trinajstić information content (AvgIpc) is 2.99. The number of hydrogen-bond donors (Lipinski definition) is 1. The van der Waals surface area contributed by atoms with E-state index in [9.17, 15) is 13.2 Å². The molecule has 1 aliphatic heterocycles. The molecule has 0 saturated carbocycles. The van der Waals surface area contributed by atoms with E-state index in [0.717, 1.165) is 6.07 Å². The number of carboxylic acid groups (broad SMARTS) is 1. The number of aromatic carboxylic acids is 1. The molecule has 0 radical (unpaired) electrons. The van der Waals surface area contributed by atoms with Gasteiger partial charge in [-0.2, -0.15) is 4.31 Å².